The molecule has 2 rings (SSSR count). The molecule has 0 aliphatic heterocycles. The number of hydrogen-bond acceptors (Lipinski definition) is 2. The van der Waals surface area contributed by atoms with Crippen LogP contribution in [0.3, 0.4) is 0 Å². The first kappa shape index (κ1) is 9.04. The first-order chi connectivity index (χ1) is 6.85. The van der Waals surface area contributed by atoms with Crippen molar-refractivity contribution < 1.29 is 9.53 Å². The number of aryl methyl sites for hydroxylation is 1. The van der Waals surface area contributed by atoms with Crippen molar-refractivity contribution in [3.63, 3.8) is 0 Å². The van der Waals surface area contributed by atoms with Gasteiger partial charge in [0.05, 0.1) is 7.11 Å². The largest absolute Gasteiger partial charge is 0.497 e. The van der Waals surface area contributed by atoms with E-state index < -0.39 is 0 Å². The highest BCUT2D eigenvalue weighted by atomic mass is 16.5. The number of benzene rings is 1. The van der Waals surface area contributed by atoms with Crippen molar-refractivity contribution in [3.05, 3.63) is 29.3 Å². The minimum absolute atomic E-state index is 0.800. The number of rotatable bonds is 1. The van der Waals surface area contributed by atoms with Gasteiger partial charge in [-0.25, -0.2) is 4.79 Å². The number of methoxy groups -OCH3 is 1. The average Bonchev–Trinajstić information content (AvgIpc) is 2.27. The summed E-state index contributed by atoms with van der Waals surface area (Å²) in [6.07, 6.45) is 2.91. The third-order valence-corrected chi connectivity index (χ3v) is 2.63. The second-order valence-corrected chi connectivity index (χ2v) is 3.46. The molecule has 0 spiro atoms. The van der Waals surface area contributed by atoms with Crippen molar-refractivity contribution in [2.24, 2.45) is 0 Å². The van der Waals surface area contributed by atoms with Crippen LogP contribution >= 0.6 is 0 Å². The maximum absolute atomic E-state index is 10.7. The maximum atomic E-state index is 10.7. The minimum atomic E-state index is 0.800. The summed E-state index contributed by atoms with van der Waals surface area (Å²) in [5.74, 6) is 2.88. The highest BCUT2D eigenvalue weighted by Gasteiger charge is 2.15. The fourth-order valence-corrected chi connectivity index (χ4v) is 1.89. The van der Waals surface area contributed by atoms with Gasteiger partial charge in [0.2, 0.25) is 0 Å². The Bertz CT molecular complexity index is 401. The van der Waals surface area contributed by atoms with E-state index in [2.05, 4.69) is 0 Å². The molecule has 0 saturated heterocycles. The molecule has 0 N–H and O–H groups in total. The maximum Gasteiger partial charge on any atom is 0.128 e. The van der Waals surface area contributed by atoms with Crippen LogP contribution in [0.15, 0.2) is 18.2 Å². The summed E-state index contributed by atoms with van der Waals surface area (Å²) < 4.78 is 5.14. The Morgan fingerprint density at radius 3 is 2.93 bits per heavy atom. The molecule has 72 valence electrons. The van der Waals surface area contributed by atoms with E-state index in [0.717, 1.165) is 36.1 Å². The lowest BCUT2D eigenvalue weighted by molar-refractivity contribution is 0.414. The summed E-state index contributed by atoms with van der Waals surface area (Å²) in [6, 6.07) is 5.85. The molecule has 2 heteroatoms. The molecule has 0 saturated carbocycles. The van der Waals surface area contributed by atoms with Gasteiger partial charge < -0.3 is 4.74 Å². The molecule has 14 heavy (non-hydrogen) atoms. The van der Waals surface area contributed by atoms with Gasteiger partial charge in [-0.2, -0.15) is 0 Å². The third-order valence-electron chi connectivity index (χ3n) is 2.63. The Kier molecular flexibility index (Phi) is 2.38. The van der Waals surface area contributed by atoms with Crippen molar-refractivity contribution in [1.82, 2.24) is 0 Å². The van der Waals surface area contributed by atoms with E-state index in [1.165, 1.54) is 5.56 Å². The topological polar surface area (TPSA) is 26.3 Å². The van der Waals surface area contributed by atoms with Crippen LogP contribution in [0.1, 0.15) is 24.0 Å². The van der Waals surface area contributed by atoms with Crippen molar-refractivity contribution in [3.8, 4) is 5.75 Å². The SMILES string of the molecule is COc1ccc2c(c1)CCCC2=C=O. The Labute approximate surface area is 83.2 Å². The molecule has 0 aromatic heterocycles. The monoisotopic (exact) mass is 188 g/mol. The van der Waals surface area contributed by atoms with Crippen LogP contribution in [0, 0.1) is 0 Å². The summed E-state index contributed by atoms with van der Waals surface area (Å²) >= 11 is 0. The summed E-state index contributed by atoms with van der Waals surface area (Å²) in [7, 11) is 1.65. The predicted octanol–water partition coefficient (Wildman–Crippen LogP) is 2.25. The van der Waals surface area contributed by atoms with E-state index in [0.29, 0.717) is 0 Å². The van der Waals surface area contributed by atoms with E-state index in [1.54, 1.807) is 7.11 Å². The Morgan fingerprint density at radius 2 is 2.21 bits per heavy atom. The molecule has 0 radical (unpaired) electrons. The van der Waals surface area contributed by atoms with Crippen LogP contribution < -0.4 is 4.74 Å². The molecular formula is C12H12O2. The van der Waals surface area contributed by atoms with Gasteiger partial charge in [0.15, 0.2) is 0 Å². The number of fused-ring (bicyclic) bond motifs is 1. The van der Waals surface area contributed by atoms with E-state index >= 15 is 0 Å². The van der Waals surface area contributed by atoms with Crippen LogP contribution in [0.2, 0.25) is 0 Å². The Hall–Kier alpha value is -1.53. The van der Waals surface area contributed by atoms with Gasteiger partial charge in [-0.15, -0.1) is 0 Å². The van der Waals surface area contributed by atoms with Gasteiger partial charge in [-0.3, -0.25) is 0 Å². The zero-order valence-corrected chi connectivity index (χ0v) is 8.17. The highest BCUT2D eigenvalue weighted by Crippen LogP contribution is 2.31. The molecule has 2 nitrogen and oxygen atoms in total. The summed E-state index contributed by atoms with van der Waals surface area (Å²) in [6.45, 7) is 0. The van der Waals surface area contributed by atoms with Crippen LogP contribution in [-0.2, 0) is 11.2 Å². The standard InChI is InChI=1S/C12H12O2/c1-14-11-5-6-12-9(7-11)3-2-4-10(12)8-13/h5-7H,2-4H2,1H3. The third kappa shape index (κ3) is 1.45. The fourth-order valence-electron chi connectivity index (χ4n) is 1.89. The van der Waals surface area contributed by atoms with Gasteiger partial charge in [0.25, 0.3) is 0 Å². The van der Waals surface area contributed by atoms with Gasteiger partial charge in [-0.05, 0) is 42.5 Å². The number of carbonyl (C=O) groups excluding carboxylic acids is 1. The second kappa shape index (κ2) is 3.69. The lowest BCUT2D eigenvalue weighted by Gasteiger charge is -2.16. The van der Waals surface area contributed by atoms with Crippen LogP contribution in [-0.4, -0.2) is 13.1 Å². The number of hydrogen-bond donors (Lipinski definition) is 0. The van der Waals surface area contributed by atoms with Crippen LogP contribution in [0.25, 0.3) is 5.57 Å². The van der Waals surface area contributed by atoms with Gasteiger partial charge in [0.1, 0.15) is 11.7 Å². The Morgan fingerprint density at radius 1 is 1.36 bits per heavy atom. The zero-order valence-electron chi connectivity index (χ0n) is 8.17. The highest BCUT2D eigenvalue weighted by molar-refractivity contribution is 5.89. The molecule has 0 unspecified atom stereocenters. The average molecular weight is 188 g/mol. The van der Waals surface area contributed by atoms with Crippen molar-refractivity contribution in [2.45, 2.75) is 19.3 Å². The van der Waals surface area contributed by atoms with Crippen molar-refractivity contribution >= 4 is 11.5 Å². The summed E-state index contributed by atoms with van der Waals surface area (Å²) in [5, 5.41) is 0. The van der Waals surface area contributed by atoms with Gasteiger partial charge in [0, 0.05) is 5.57 Å². The molecule has 1 aliphatic carbocycles. The molecule has 0 heterocycles. The smallest absolute Gasteiger partial charge is 0.128 e. The molecule has 0 atom stereocenters. The molecule has 1 aliphatic rings. The van der Waals surface area contributed by atoms with E-state index in [9.17, 15) is 4.79 Å². The molecule has 0 amide bonds. The summed E-state index contributed by atoms with van der Waals surface area (Å²) in [5.41, 5.74) is 3.05. The number of ether oxygens (including phenoxy) is 1. The predicted molar refractivity (Wildman–Crippen MR) is 55.0 cm³/mol. The molecule has 0 bridgehead atoms. The van der Waals surface area contributed by atoms with E-state index in [4.69, 9.17) is 4.74 Å². The lowest BCUT2D eigenvalue weighted by Crippen LogP contribution is -2.02. The first-order valence-electron chi connectivity index (χ1n) is 4.76. The second-order valence-electron chi connectivity index (χ2n) is 3.46. The molecule has 0 fully saturated rings. The van der Waals surface area contributed by atoms with E-state index in [-0.39, 0.29) is 0 Å². The normalized spacial score (nSPS) is 14.5. The van der Waals surface area contributed by atoms with Gasteiger partial charge in [-0.1, -0.05) is 6.07 Å². The van der Waals surface area contributed by atoms with E-state index in [1.807, 2.05) is 24.1 Å². The van der Waals surface area contributed by atoms with Crippen LogP contribution in [0.4, 0.5) is 0 Å². The summed E-state index contributed by atoms with van der Waals surface area (Å²) in [4.78, 5) is 10.7. The molecule has 1 aromatic carbocycles. The quantitative estimate of drug-likeness (QED) is 0.632. The van der Waals surface area contributed by atoms with Crippen molar-refractivity contribution in [2.75, 3.05) is 7.11 Å². The number of allylic oxidation sites excluding steroid dienone is 1. The van der Waals surface area contributed by atoms with Crippen molar-refractivity contribution in [1.29, 1.82) is 0 Å². The van der Waals surface area contributed by atoms with Crippen LogP contribution in [0.5, 0.6) is 5.75 Å². The first-order valence-corrected chi connectivity index (χ1v) is 4.76. The zero-order chi connectivity index (χ0) is 9.97. The molecule has 1 aromatic rings. The molecular weight excluding hydrogens is 176 g/mol. The lowest BCUT2D eigenvalue weighted by atomic mass is 9.88. The van der Waals surface area contributed by atoms with Gasteiger partial charge >= 0.3 is 0 Å². The minimum Gasteiger partial charge on any atom is -0.497 e. The Balaban J connectivity index is 2.51. The fraction of sp³-hybridized carbons (Fsp3) is 0.333.